The average molecular weight is 429 g/mol. The van der Waals surface area contributed by atoms with Crippen LogP contribution in [-0.4, -0.2) is 75.8 Å². The number of hydrogen-bond acceptors (Lipinski definition) is 8. The van der Waals surface area contributed by atoms with E-state index in [1.54, 1.807) is 18.7 Å². The highest BCUT2D eigenvalue weighted by atomic mass is 32.2. The number of amides is 1. The molecule has 0 radical (unpaired) electrons. The van der Waals surface area contributed by atoms with E-state index >= 15 is 0 Å². The molecule has 28 heavy (non-hydrogen) atoms. The molecule has 10 nitrogen and oxygen atoms in total. The Bertz CT molecular complexity index is 911. The van der Waals surface area contributed by atoms with E-state index in [4.69, 9.17) is 4.52 Å². The summed E-state index contributed by atoms with van der Waals surface area (Å²) in [6.45, 7) is 6.42. The van der Waals surface area contributed by atoms with Gasteiger partial charge in [0.2, 0.25) is 21.1 Å². The summed E-state index contributed by atoms with van der Waals surface area (Å²) in [6.07, 6.45) is 1.79. The maximum absolute atomic E-state index is 12.8. The molecule has 0 atom stereocenters. The van der Waals surface area contributed by atoms with Crippen LogP contribution >= 0.6 is 11.8 Å². The zero-order valence-corrected chi connectivity index (χ0v) is 17.8. The first-order valence-electron chi connectivity index (χ1n) is 9.07. The minimum atomic E-state index is -3.68. The Hall–Kier alpha value is -1.92. The van der Waals surface area contributed by atoms with Crippen LogP contribution in [0.3, 0.4) is 0 Å². The standard InChI is InChI=1S/C16H24N6O4S2/c1-4-5-13-17-16(19-18-13)27-10-14(23)21-6-8-22(9-7-21)28(24,25)15-11(2)20-26-12(15)3/h4-10H2,1-3H3,(H,17,18,19). The highest BCUT2D eigenvalue weighted by Crippen LogP contribution is 2.24. The number of rotatable bonds is 7. The van der Waals surface area contributed by atoms with Crippen LogP contribution < -0.4 is 0 Å². The smallest absolute Gasteiger partial charge is 0.248 e. The van der Waals surface area contributed by atoms with Crippen LogP contribution in [0.25, 0.3) is 0 Å². The van der Waals surface area contributed by atoms with Gasteiger partial charge in [-0.2, -0.15) is 4.31 Å². The van der Waals surface area contributed by atoms with Crippen LogP contribution in [-0.2, 0) is 21.2 Å². The molecule has 3 rings (SSSR count). The van der Waals surface area contributed by atoms with Gasteiger partial charge < -0.3 is 9.42 Å². The summed E-state index contributed by atoms with van der Waals surface area (Å²) in [4.78, 5) is 18.6. The molecule has 0 unspecified atom stereocenters. The second-order valence-corrected chi connectivity index (χ2v) is 9.36. The van der Waals surface area contributed by atoms with E-state index in [1.165, 1.54) is 16.1 Å². The lowest BCUT2D eigenvalue weighted by Crippen LogP contribution is -2.51. The molecular weight excluding hydrogens is 404 g/mol. The SMILES string of the molecule is CCCc1nc(SCC(=O)N2CCN(S(=O)(=O)c3c(C)noc3C)CC2)n[nH]1. The third kappa shape index (κ3) is 4.39. The fourth-order valence-electron chi connectivity index (χ4n) is 3.06. The summed E-state index contributed by atoms with van der Waals surface area (Å²) >= 11 is 1.28. The first kappa shape index (κ1) is 20.8. The number of nitrogens with one attached hydrogen (secondary N) is 1. The largest absolute Gasteiger partial charge is 0.360 e. The van der Waals surface area contributed by atoms with Crippen LogP contribution in [0.5, 0.6) is 0 Å². The Morgan fingerprint density at radius 3 is 2.57 bits per heavy atom. The predicted molar refractivity (Wildman–Crippen MR) is 102 cm³/mol. The quantitative estimate of drug-likeness (QED) is 0.647. The van der Waals surface area contributed by atoms with E-state index in [0.29, 0.717) is 23.9 Å². The van der Waals surface area contributed by atoms with Gasteiger partial charge in [0, 0.05) is 32.6 Å². The number of carbonyl (C=O) groups is 1. The van der Waals surface area contributed by atoms with E-state index in [0.717, 1.165) is 18.7 Å². The Labute approximate surface area is 168 Å². The number of piperazine rings is 1. The van der Waals surface area contributed by atoms with Gasteiger partial charge in [-0.25, -0.2) is 13.4 Å². The van der Waals surface area contributed by atoms with Gasteiger partial charge in [0.15, 0.2) is 5.76 Å². The van der Waals surface area contributed by atoms with Crippen molar-refractivity contribution in [2.45, 2.75) is 43.7 Å². The molecule has 1 saturated heterocycles. The third-order valence-corrected chi connectivity index (χ3v) is 7.46. The molecule has 0 aliphatic carbocycles. The van der Waals surface area contributed by atoms with Crippen molar-refractivity contribution in [3.8, 4) is 0 Å². The summed E-state index contributed by atoms with van der Waals surface area (Å²) in [6, 6.07) is 0. The van der Waals surface area contributed by atoms with Crippen LogP contribution in [0.1, 0.15) is 30.6 Å². The van der Waals surface area contributed by atoms with Gasteiger partial charge in [0.25, 0.3) is 0 Å². The van der Waals surface area contributed by atoms with Gasteiger partial charge in [-0.05, 0) is 20.3 Å². The molecule has 1 fully saturated rings. The monoisotopic (exact) mass is 428 g/mol. The Morgan fingerprint density at radius 1 is 1.25 bits per heavy atom. The third-order valence-electron chi connectivity index (χ3n) is 4.48. The minimum absolute atomic E-state index is 0.0544. The lowest BCUT2D eigenvalue weighted by molar-refractivity contribution is -0.129. The van der Waals surface area contributed by atoms with Crippen LogP contribution in [0.4, 0.5) is 0 Å². The summed E-state index contributed by atoms with van der Waals surface area (Å²) in [5.41, 5.74) is 0.348. The van der Waals surface area contributed by atoms with E-state index in [-0.39, 0.29) is 35.4 Å². The average Bonchev–Trinajstić information content (AvgIpc) is 3.26. The molecule has 2 aromatic heterocycles. The summed E-state index contributed by atoms with van der Waals surface area (Å²) in [5, 5.41) is 11.2. The zero-order valence-electron chi connectivity index (χ0n) is 16.1. The molecule has 1 N–H and O–H groups in total. The molecule has 1 amide bonds. The van der Waals surface area contributed by atoms with Crippen molar-refractivity contribution in [1.82, 2.24) is 29.5 Å². The number of thioether (sulfide) groups is 1. The lowest BCUT2D eigenvalue weighted by Gasteiger charge is -2.33. The second kappa shape index (κ2) is 8.62. The van der Waals surface area contributed by atoms with E-state index in [1.807, 2.05) is 0 Å². The maximum atomic E-state index is 12.8. The van der Waals surface area contributed by atoms with Crippen molar-refractivity contribution in [3.05, 3.63) is 17.3 Å². The molecule has 0 spiro atoms. The van der Waals surface area contributed by atoms with Gasteiger partial charge in [-0.3, -0.25) is 9.89 Å². The van der Waals surface area contributed by atoms with E-state index < -0.39 is 10.0 Å². The number of hydrogen-bond donors (Lipinski definition) is 1. The minimum Gasteiger partial charge on any atom is -0.360 e. The predicted octanol–water partition coefficient (Wildman–Crippen LogP) is 0.987. The number of nitrogens with zero attached hydrogens (tertiary/aromatic N) is 5. The zero-order chi connectivity index (χ0) is 20.3. The van der Waals surface area contributed by atoms with Gasteiger partial charge in [0.1, 0.15) is 16.4 Å². The van der Waals surface area contributed by atoms with Crippen molar-refractivity contribution in [2.24, 2.45) is 0 Å². The molecule has 0 bridgehead atoms. The molecule has 2 aromatic rings. The van der Waals surface area contributed by atoms with Crippen LogP contribution in [0.15, 0.2) is 14.6 Å². The fraction of sp³-hybridized carbons (Fsp3) is 0.625. The molecule has 1 aliphatic rings. The summed E-state index contributed by atoms with van der Waals surface area (Å²) in [5.74, 6) is 1.26. The number of sulfonamides is 1. The molecule has 154 valence electrons. The highest BCUT2D eigenvalue weighted by Gasteiger charge is 2.34. The van der Waals surface area contributed by atoms with E-state index in [2.05, 4.69) is 27.3 Å². The van der Waals surface area contributed by atoms with Crippen molar-refractivity contribution in [2.75, 3.05) is 31.9 Å². The summed E-state index contributed by atoms with van der Waals surface area (Å²) < 4.78 is 32.0. The van der Waals surface area contributed by atoms with E-state index in [9.17, 15) is 13.2 Å². The van der Waals surface area contributed by atoms with Gasteiger partial charge in [-0.15, -0.1) is 5.10 Å². The van der Waals surface area contributed by atoms with Crippen LogP contribution in [0, 0.1) is 13.8 Å². The number of H-pyrrole nitrogens is 1. The topological polar surface area (TPSA) is 125 Å². The normalized spacial score (nSPS) is 15.9. The second-order valence-electron chi connectivity index (χ2n) is 6.54. The molecule has 0 aromatic carbocycles. The maximum Gasteiger partial charge on any atom is 0.248 e. The molecule has 3 heterocycles. The number of aromatic amines is 1. The van der Waals surface area contributed by atoms with Gasteiger partial charge in [-0.1, -0.05) is 23.8 Å². The molecule has 0 saturated carbocycles. The highest BCUT2D eigenvalue weighted by molar-refractivity contribution is 7.99. The molecule has 12 heteroatoms. The first-order valence-corrected chi connectivity index (χ1v) is 11.5. The number of aromatic nitrogens is 4. The van der Waals surface area contributed by atoms with Gasteiger partial charge in [0.05, 0.1) is 5.75 Å². The fourth-order valence-corrected chi connectivity index (χ4v) is 5.49. The number of aryl methyl sites for hydroxylation is 3. The first-order chi connectivity index (χ1) is 13.3. The molecular formula is C16H24N6O4S2. The van der Waals surface area contributed by atoms with Crippen molar-refractivity contribution in [1.29, 1.82) is 0 Å². The molecule has 1 aliphatic heterocycles. The van der Waals surface area contributed by atoms with Crippen molar-refractivity contribution in [3.63, 3.8) is 0 Å². The van der Waals surface area contributed by atoms with Crippen molar-refractivity contribution < 1.29 is 17.7 Å². The van der Waals surface area contributed by atoms with Crippen LogP contribution in [0.2, 0.25) is 0 Å². The summed E-state index contributed by atoms with van der Waals surface area (Å²) in [7, 11) is -3.68. The van der Waals surface area contributed by atoms with Gasteiger partial charge >= 0.3 is 0 Å². The number of carbonyl (C=O) groups excluding carboxylic acids is 1. The lowest BCUT2D eigenvalue weighted by atomic mass is 10.3. The Kier molecular flexibility index (Phi) is 6.40. The van der Waals surface area contributed by atoms with Crippen molar-refractivity contribution >= 4 is 27.7 Å². The Balaban J connectivity index is 1.53. The Morgan fingerprint density at radius 2 is 1.96 bits per heavy atom.